The van der Waals surface area contributed by atoms with Crippen molar-refractivity contribution in [1.29, 1.82) is 5.26 Å². The minimum absolute atomic E-state index is 0.0193. The van der Waals surface area contributed by atoms with Gasteiger partial charge in [0, 0.05) is 7.05 Å². The summed E-state index contributed by atoms with van der Waals surface area (Å²) >= 11 is 0. The number of hydrogen-bond acceptors (Lipinski definition) is 5. The molecule has 0 saturated carbocycles. The normalized spacial score (nSPS) is 10.3. The molecule has 104 valence electrons. The van der Waals surface area contributed by atoms with E-state index in [1.807, 2.05) is 6.07 Å². The predicted octanol–water partition coefficient (Wildman–Crippen LogP) is 1.90. The number of nitriles is 1. The van der Waals surface area contributed by atoms with Crippen molar-refractivity contribution in [1.82, 2.24) is 15.0 Å². The molecule has 8 heteroatoms. The molecule has 0 spiro atoms. The molecule has 0 radical (unpaired) electrons. The second kappa shape index (κ2) is 5.97. The first-order chi connectivity index (χ1) is 9.60. The summed E-state index contributed by atoms with van der Waals surface area (Å²) < 4.78 is 30.6. The minimum Gasteiger partial charge on any atom is -0.433 e. The lowest BCUT2D eigenvalue weighted by Crippen LogP contribution is -2.09. The lowest BCUT2D eigenvalue weighted by Gasteiger charge is -2.12. The van der Waals surface area contributed by atoms with Crippen molar-refractivity contribution in [2.75, 3.05) is 5.32 Å². The van der Waals surface area contributed by atoms with Gasteiger partial charge in [-0.05, 0) is 18.2 Å². The molecule has 1 aromatic carbocycles. The predicted molar refractivity (Wildman–Crippen MR) is 66.1 cm³/mol. The Labute approximate surface area is 113 Å². The van der Waals surface area contributed by atoms with Gasteiger partial charge in [-0.15, -0.1) is 5.10 Å². The first-order valence-corrected chi connectivity index (χ1v) is 5.66. The van der Waals surface area contributed by atoms with E-state index in [2.05, 4.69) is 20.4 Å². The van der Waals surface area contributed by atoms with E-state index in [0.29, 0.717) is 17.8 Å². The van der Waals surface area contributed by atoms with E-state index in [1.165, 1.54) is 18.2 Å². The molecule has 0 aliphatic rings. The van der Waals surface area contributed by atoms with Gasteiger partial charge in [-0.25, -0.2) is 0 Å². The number of benzene rings is 1. The van der Waals surface area contributed by atoms with Gasteiger partial charge in [0.25, 0.3) is 0 Å². The molecule has 0 amide bonds. The Hall–Kier alpha value is -2.69. The second-order valence-corrected chi connectivity index (χ2v) is 3.90. The zero-order chi connectivity index (χ0) is 14.5. The quantitative estimate of drug-likeness (QED) is 0.904. The van der Waals surface area contributed by atoms with Crippen LogP contribution in [0.2, 0.25) is 0 Å². The first-order valence-electron chi connectivity index (χ1n) is 5.66. The van der Waals surface area contributed by atoms with Gasteiger partial charge in [0.2, 0.25) is 0 Å². The molecule has 0 bridgehead atoms. The third-order valence-electron chi connectivity index (χ3n) is 2.59. The van der Waals surface area contributed by atoms with Crippen LogP contribution in [0.25, 0.3) is 0 Å². The summed E-state index contributed by atoms with van der Waals surface area (Å²) in [4.78, 5) is 0. The van der Waals surface area contributed by atoms with Gasteiger partial charge >= 0.3 is 6.61 Å². The van der Waals surface area contributed by atoms with Crippen molar-refractivity contribution in [3.05, 3.63) is 35.7 Å². The largest absolute Gasteiger partial charge is 0.433 e. The van der Waals surface area contributed by atoms with Gasteiger partial charge in [-0.1, -0.05) is 5.21 Å². The zero-order valence-electron chi connectivity index (χ0n) is 10.5. The maximum absolute atomic E-state index is 12.3. The van der Waals surface area contributed by atoms with Gasteiger partial charge in [0.05, 0.1) is 35.8 Å². The minimum atomic E-state index is -2.93. The number of hydrogen-bond donors (Lipinski definition) is 1. The molecule has 0 saturated heterocycles. The molecule has 6 nitrogen and oxygen atoms in total. The van der Waals surface area contributed by atoms with E-state index in [1.54, 1.807) is 17.9 Å². The summed E-state index contributed by atoms with van der Waals surface area (Å²) in [5, 5.41) is 19.2. The second-order valence-electron chi connectivity index (χ2n) is 3.90. The Bertz CT molecular complexity index is 635. The Morgan fingerprint density at radius 1 is 1.50 bits per heavy atom. The fraction of sp³-hybridized carbons (Fsp3) is 0.250. The van der Waals surface area contributed by atoms with E-state index in [-0.39, 0.29) is 5.75 Å². The van der Waals surface area contributed by atoms with Crippen molar-refractivity contribution in [2.45, 2.75) is 13.2 Å². The van der Waals surface area contributed by atoms with E-state index in [4.69, 9.17) is 5.26 Å². The fourth-order valence-corrected chi connectivity index (χ4v) is 1.59. The summed E-state index contributed by atoms with van der Waals surface area (Å²) in [6, 6.07) is 6.12. The Morgan fingerprint density at radius 2 is 2.30 bits per heavy atom. The van der Waals surface area contributed by atoms with Gasteiger partial charge < -0.3 is 10.1 Å². The Morgan fingerprint density at radius 3 is 2.90 bits per heavy atom. The van der Waals surface area contributed by atoms with E-state index in [0.717, 1.165) is 5.69 Å². The molecule has 0 aliphatic heterocycles. The van der Waals surface area contributed by atoms with Crippen LogP contribution in [0.5, 0.6) is 5.75 Å². The summed E-state index contributed by atoms with van der Waals surface area (Å²) in [7, 11) is 1.71. The third kappa shape index (κ3) is 3.20. The number of nitrogens with one attached hydrogen (secondary N) is 1. The number of halogens is 2. The maximum Gasteiger partial charge on any atom is 0.387 e. The van der Waals surface area contributed by atoms with Crippen LogP contribution in [0.15, 0.2) is 24.4 Å². The standard InChI is InChI=1S/C12H11F2N5O/c1-19-9(7-17-18-19)6-16-10-4-8(5-15)2-3-11(10)20-12(13)14/h2-4,7,12,16H,6H2,1H3. The van der Waals surface area contributed by atoms with E-state index in [9.17, 15) is 8.78 Å². The summed E-state index contributed by atoms with van der Waals surface area (Å²) in [6.07, 6.45) is 1.55. The van der Waals surface area contributed by atoms with Crippen LogP contribution in [0.4, 0.5) is 14.5 Å². The van der Waals surface area contributed by atoms with Gasteiger partial charge in [-0.3, -0.25) is 4.68 Å². The summed E-state index contributed by atoms with van der Waals surface area (Å²) in [5.74, 6) is -0.0193. The molecule has 0 fully saturated rings. The number of aryl methyl sites for hydroxylation is 1. The van der Waals surface area contributed by atoms with Crippen LogP contribution in [0, 0.1) is 11.3 Å². The van der Waals surface area contributed by atoms with E-state index >= 15 is 0 Å². The van der Waals surface area contributed by atoms with Crippen molar-refractivity contribution >= 4 is 5.69 Å². The number of nitrogens with zero attached hydrogens (tertiary/aromatic N) is 4. The number of anilines is 1. The Kier molecular flexibility index (Phi) is 4.10. The van der Waals surface area contributed by atoms with Gasteiger partial charge in [-0.2, -0.15) is 14.0 Å². The monoisotopic (exact) mass is 279 g/mol. The topological polar surface area (TPSA) is 75.8 Å². The fourth-order valence-electron chi connectivity index (χ4n) is 1.59. The molecule has 20 heavy (non-hydrogen) atoms. The van der Waals surface area contributed by atoms with Crippen molar-refractivity contribution in [3.8, 4) is 11.8 Å². The van der Waals surface area contributed by atoms with Crippen LogP contribution in [0.3, 0.4) is 0 Å². The van der Waals surface area contributed by atoms with Crippen molar-refractivity contribution < 1.29 is 13.5 Å². The first kappa shape index (κ1) is 13.7. The molecule has 2 rings (SSSR count). The summed E-state index contributed by atoms with van der Waals surface area (Å²) in [5.41, 5.74) is 1.41. The van der Waals surface area contributed by atoms with Crippen LogP contribution in [0.1, 0.15) is 11.3 Å². The average molecular weight is 279 g/mol. The smallest absolute Gasteiger partial charge is 0.387 e. The molecular formula is C12H11F2N5O. The number of aromatic nitrogens is 3. The highest BCUT2D eigenvalue weighted by atomic mass is 19.3. The lowest BCUT2D eigenvalue weighted by molar-refractivity contribution is -0.0493. The molecule has 1 aromatic heterocycles. The molecular weight excluding hydrogens is 268 g/mol. The van der Waals surface area contributed by atoms with Crippen LogP contribution in [-0.4, -0.2) is 21.6 Å². The third-order valence-corrected chi connectivity index (χ3v) is 2.59. The van der Waals surface area contributed by atoms with Gasteiger partial charge in [0.1, 0.15) is 5.75 Å². The molecule has 1 heterocycles. The zero-order valence-corrected chi connectivity index (χ0v) is 10.5. The molecule has 0 unspecified atom stereocenters. The lowest BCUT2D eigenvalue weighted by atomic mass is 10.2. The van der Waals surface area contributed by atoms with Crippen LogP contribution < -0.4 is 10.1 Å². The molecule has 1 N–H and O–H groups in total. The number of alkyl halides is 2. The highest BCUT2D eigenvalue weighted by molar-refractivity contribution is 5.60. The average Bonchev–Trinajstić information content (AvgIpc) is 2.82. The summed E-state index contributed by atoms with van der Waals surface area (Å²) in [6.45, 7) is -2.61. The van der Waals surface area contributed by atoms with Crippen LogP contribution in [-0.2, 0) is 13.6 Å². The molecule has 0 aliphatic carbocycles. The highest BCUT2D eigenvalue weighted by Gasteiger charge is 2.11. The van der Waals surface area contributed by atoms with Gasteiger partial charge in [0.15, 0.2) is 0 Å². The van der Waals surface area contributed by atoms with Crippen molar-refractivity contribution in [2.24, 2.45) is 7.05 Å². The Balaban J connectivity index is 2.19. The highest BCUT2D eigenvalue weighted by Crippen LogP contribution is 2.27. The van der Waals surface area contributed by atoms with Crippen molar-refractivity contribution in [3.63, 3.8) is 0 Å². The van der Waals surface area contributed by atoms with E-state index < -0.39 is 6.61 Å². The number of rotatable bonds is 5. The molecule has 0 atom stereocenters. The molecule has 2 aromatic rings. The SMILES string of the molecule is Cn1nncc1CNc1cc(C#N)ccc1OC(F)F. The number of ether oxygens (including phenoxy) is 1. The maximum atomic E-state index is 12.3. The van der Waals surface area contributed by atoms with Crippen LogP contribution >= 0.6 is 0 Å².